The summed E-state index contributed by atoms with van der Waals surface area (Å²) >= 11 is 0. The van der Waals surface area contributed by atoms with E-state index in [1.807, 2.05) is 31.2 Å². The summed E-state index contributed by atoms with van der Waals surface area (Å²) in [7, 11) is -3.44. The van der Waals surface area contributed by atoms with Crippen molar-refractivity contribution in [2.75, 3.05) is 12.0 Å². The Hall–Kier alpha value is -3.32. The molecule has 0 saturated heterocycles. The van der Waals surface area contributed by atoms with Crippen LogP contribution in [0.25, 0.3) is 33.4 Å². The van der Waals surface area contributed by atoms with Crippen LogP contribution in [0.4, 0.5) is 5.69 Å². The lowest BCUT2D eigenvalue weighted by atomic mass is 10.0. The average molecular weight is 390 g/mol. The van der Waals surface area contributed by atoms with Crippen molar-refractivity contribution in [3.8, 4) is 22.4 Å². The van der Waals surface area contributed by atoms with E-state index >= 15 is 0 Å². The minimum absolute atomic E-state index is 0.170. The van der Waals surface area contributed by atoms with Gasteiger partial charge in [0.2, 0.25) is 0 Å². The zero-order valence-electron chi connectivity index (χ0n) is 15.4. The van der Waals surface area contributed by atoms with Gasteiger partial charge in [0.05, 0.1) is 27.8 Å². The quantitative estimate of drug-likeness (QED) is 0.536. The molecule has 0 spiro atoms. The molecule has 0 aliphatic rings. The van der Waals surface area contributed by atoms with Gasteiger partial charge < -0.3 is 5.73 Å². The predicted molar refractivity (Wildman–Crippen MR) is 110 cm³/mol. The SMILES string of the molecule is Cc1cccc(-c2cc(N)cc3ncc(-c4cnccc4S(C)(=O)=O)nc23)c1. The molecule has 4 aromatic rings. The van der Waals surface area contributed by atoms with Crippen molar-refractivity contribution in [1.29, 1.82) is 0 Å². The molecule has 0 aliphatic carbocycles. The number of nitrogens with zero attached hydrogens (tertiary/aromatic N) is 3. The maximum absolute atomic E-state index is 12.2. The van der Waals surface area contributed by atoms with Gasteiger partial charge in [0, 0.05) is 35.5 Å². The topological polar surface area (TPSA) is 98.8 Å². The van der Waals surface area contributed by atoms with E-state index in [9.17, 15) is 8.42 Å². The lowest BCUT2D eigenvalue weighted by Crippen LogP contribution is -2.02. The average Bonchev–Trinajstić information content (AvgIpc) is 2.66. The molecule has 2 aromatic heterocycles. The van der Waals surface area contributed by atoms with Crippen molar-refractivity contribution in [3.05, 3.63) is 66.6 Å². The molecule has 0 amide bonds. The number of hydrogen-bond donors (Lipinski definition) is 1. The molecular weight excluding hydrogens is 372 g/mol. The summed E-state index contributed by atoms with van der Waals surface area (Å²) in [4.78, 5) is 13.5. The Morgan fingerprint density at radius 1 is 1.00 bits per heavy atom. The summed E-state index contributed by atoms with van der Waals surface area (Å²) in [6.45, 7) is 2.02. The van der Waals surface area contributed by atoms with Crippen molar-refractivity contribution in [3.63, 3.8) is 0 Å². The largest absolute Gasteiger partial charge is 0.399 e. The first-order chi connectivity index (χ1) is 13.3. The highest BCUT2D eigenvalue weighted by molar-refractivity contribution is 7.90. The van der Waals surface area contributed by atoms with Crippen LogP contribution >= 0.6 is 0 Å². The molecule has 0 fully saturated rings. The molecule has 0 radical (unpaired) electrons. The van der Waals surface area contributed by atoms with Gasteiger partial charge in [-0.25, -0.2) is 13.4 Å². The van der Waals surface area contributed by atoms with Crippen LogP contribution in [0.2, 0.25) is 0 Å². The summed E-state index contributed by atoms with van der Waals surface area (Å²) in [5.74, 6) is 0. The fourth-order valence-corrected chi connectivity index (χ4v) is 4.06. The lowest BCUT2D eigenvalue weighted by Gasteiger charge is -2.11. The zero-order valence-corrected chi connectivity index (χ0v) is 16.2. The Bertz CT molecular complexity index is 1320. The van der Waals surface area contributed by atoms with Crippen LogP contribution in [-0.2, 0) is 9.84 Å². The van der Waals surface area contributed by atoms with Crippen LogP contribution in [0.3, 0.4) is 0 Å². The van der Waals surface area contributed by atoms with Crippen LogP contribution in [0.5, 0.6) is 0 Å². The Morgan fingerprint density at radius 2 is 1.82 bits per heavy atom. The standard InChI is InChI=1S/C21H18N4O2S/c1-13-4-3-5-14(8-13)16-9-15(22)10-18-21(16)25-19(12-24-18)17-11-23-7-6-20(17)28(2,26)27/h3-12H,22H2,1-2H3. The van der Waals surface area contributed by atoms with Gasteiger partial charge >= 0.3 is 0 Å². The monoisotopic (exact) mass is 390 g/mol. The summed E-state index contributed by atoms with van der Waals surface area (Å²) in [6.07, 6.45) is 5.66. The highest BCUT2D eigenvalue weighted by Gasteiger charge is 2.17. The lowest BCUT2D eigenvalue weighted by molar-refractivity contribution is 0.602. The Morgan fingerprint density at radius 3 is 2.57 bits per heavy atom. The minimum Gasteiger partial charge on any atom is -0.399 e. The number of pyridine rings is 1. The maximum atomic E-state index is 12.2. The zero-order chi connectivity index (χ0) is 19.9. The van der Waals surface area contributed by atoms with Gasteiger partial charge in [-0.2, -0.15) is 0 Å². The summed E-state index contributed by atoms with van der Waals surface area (Å²) in [5, 5.41) is 0. The molecule has 2 N–H and O–H groups in total. The first-order valence-corrected chi connectivity index (χ1v) is 10.5. The number of sulfone groups is 1. The normalized spacial score (nSPS) is 11.6. The molecule has 2 aromatic carbocycles. The van der Waals surface area contributed by atoms with E-state index in [4.69, 9.17) is 10.7 Å². The Labute approximate surface area is 163 Å². The maximum Gasteiger partial charge on any atom is 0.176 e. The first-order valence-electron chi connectivity index (χ1n) is 8.61. The third kappa shape index (κ3) is 3.32. The molecule has 0 saturated carbocycles. The van der Waals surface area contributed by atoms with Gasteiger partial charge in [-0.05, 0) is 30.7 Å². The number of aromatic nitrogens is 3. The van der Waals surface area contributed by atoms with Crippen molar-refractivity contribution >= 4 is 26.6 Å². The Balaban J connectivity index is 2.01. The molecule has 6 nitrogen and oxygen atoms in total. The summed E-state index contributed by atoms with van der Waals surface area (Å²) < 4.78 is 24.3. The first kappa shape index (κ1) is 18.1. The van der Waals surface area contributed by atoms with E-state index in [1.54, 1.807) is 12.3 Å². The van der Waals surface area contributed by atoms with Crippen LogP contribution in [-0.4, -0.2) is 29.6 Å². The molecule has 0 aliphatic heterocycles. The van der Waals surface area contributed by atoms with Gasteiger partial charge in [0.15, 0.2) is 9.84 Å². The molecule has 4 rings (SSSR count). The second-order valence-corrected chi connectivity index (χ2v) is 8.69. The molecule has 0 atom stereocenters. The van der Waals surface area contributed by atoms with Crippen LogP contribution in [0.15, 0.2) is 66.0 Å². The number of anilines is 1. The number of benzene rings is 2. The van der Waals surface area contributed by atoms with Gasteiger partial charge in [-0.1, -0.05) is 29.8 Å². The van der Waals surface area contributed by atoms with Crippen molar-refractivity contribution < 1.29 is 8.42 Å². The number of aryl methyl sites for hydroxylation is 1. The van der Waals surface area contributed by atoms with E-state index in [1.165, 1.54) is 24.7 Å². The molecule has 140 valence electrons. The third-order valence-electron chi connectivity index (χ3n) is 4.46. The van der Waals surface area contributed by atoms with E-state index in [2.05, 4.69) is 16.0 Å². The molecule has 28 heavy (non-hydrogen) atoms. The number of fused-ring (bicyclic) bond motifs is 1. The molecular formula is C21H18N4O2S. The van der Waals surface area contributed by atoms with Gasteiger partial charge in [0.25, 0.3) is 0 Å². The van der Waals surface area contributed by atoms with Crippen LogP contribution in [0, 0.1) is 6.92 Å². The number of nitrogens with two attached hydrogens (primary N) is 1. The van der Waals surface area contributed by atoms with E-state index in [0.29, 0.717) is 28.0 Å². The predicted octanol–water partition coefficient (Wildman–Crippen LogP) is 3.65. The number of rotatable bonds is 3. The van der Waals surface area contributed by atoms with Crippen molar-refractivity contribution in [1.82, 2.24) is 15.0 Å². The third-order valence-corrected chi connectivity index (χ3v) is 5.61. The van der Waals surface area contributed by atoms with E-state index in [0.717, 1.165) is 16.7 Å². The molecule has 2 heterocycles. The Kier molecular flexibility index (Phi) is 4.31. The highest BCUT2D eigenvalue weighted by atomic mass is 32.2. The number of nitrogen functional groups attached to an aromatic ring is 1. The fourth-order valence-electron chi connectivity index (χ4n) is 3.20. The summed E-state index contributed by atoms with van der Waals surface area (Å²) in [5.41, 5.74) is 11.8. The van der Waals surface area contributed by atoms with Crippen LogP contribution in [0.1, 0.15) is 5.56 Å². The smallest absolute Gasteiger partial charge is 0.176 e. The second-order valence-electron chi connectivity index (χ2n) is 6.70. The van der Waals surface area contributed by atoms with E-state index in [-0.39, 0.29) is 4.90 Å². The molecule has 0 bridgehead atoms. The number of hydrogen-bond acceptors (Lipinski definition) is 6. The van der Waals surface area contributed by atoms with Crippen LogP contribution < -0.4 is 5.73 Å². The second kappa shape index (κ2) is 6.69. The molecule has 0 unspecified atom stereocenters. The molecule has 7 heteroatoms. The van der Waals surface area contributed by atoms with Gasteiger partial charge in [-0.15, -0.1) is 0 Å². The van der Waals surface area contributed by atoms with Gasteiger partial charge in [0.1, 0.15) is 0 Å². The van der Waals surface area contributed by atoms with E-state index < -0.39 is 9.84 Å². The van der Waals surface area contributed by atoms with Gasteiger partial charge in [-0.3, -0.25) is 9.97 Å². The van der Waals surface area contributed by atoms with Crippen molar-refractivity contribution in [2.45, 2.75) is 11.8 Å². The minimum atomic E-state index is -3.44. The fraction of sp³-hybridized carbons (Fsp3) is 0.0952. The summed E-state index contributed by atoms with van der Waals surface area (Å²) in [6, 6.07) is 13.1. The van der Waals surface area contributed by atoms with Crippen molar-refractivity contribution in [2.24, 2.45) is 0 Å². The highest BCUT2D eigenvalue weighted by Crippen LogP contribution is 2.32.